The topological polar surface area (TPSA) is 26.0 Å². The molecular weight excluding hydrogens is 266 g/mol. The minimum atomic E-state index is 0.308. The molecule has 0 atom stereocenters. The van der Waals surface area contributed by atoms with Gasteiger partial charge in [0.05, 0.1) is 0 Å². The Morgan fingerprint density at radius 3 is 2.00 bits per heavy atom. The van der Waals surface area contributed by atoms with Crippen LogP contribution in [0, 0.1) is 11.3 Å². The molecule has 2 aliphatic rings. The molecule has 0 aromatic heterocycles. The van der Waals surface area contributed by atoms with E-state index in [0.717, 1.165) is 18.4 Å². The highest BCUT2D eigenvalue weighted by atomic mass is 14.6. The maximum Gasteiger partial charge on any atom is 0.00755 e. The van der Waals surface area contributed by atoms with E-state index in [1.54, 1.807) is 5.56 Å². The average Bonchev–Trinajstić information content (AvgIpc) is 2.47. The Hall–Kier alpha value is -0.820. The molecule has 0 heterocycles. The van der Waals surface area contributed by atoms with E-state index >= 15 is 0 Å². The molecule has 1 heteroatoms. The van der Waals surface area contributed by atoms with Crippen LogP contribution in [0.4, 0.5) is 0 Å². The minimum Gasteiger partial charge on any atom is -0.330 e. The van der Waals surface area contributed by atoms with Gasteiger partial charge < -0.3 is 5.73 Å². The van der Waals surface area contributed by atoms with Crippen molar-refractivity contribution in [2.75, 3.05) is 6.54 Å². The van der Waals surface area contributed by atoms with Crippen molar-refractivity contribution in [3.05, 3.63) is 35.4 Å². The second-order valence-corrected chi connectivity index (χ2v) is 8.87. The van der Waals surface area contributed by atoms with Crippen molar-refractivity contribution in [3.8, 4) is 0 Å². The first-order valence-electron chi connectivity index (χ1n) is 9.25. The van der Waals surface area contributed by atoms with Crippen LogP contribution in [0.25, 0.3) is 0 Å². The molecule has 0 radical (unpaired) electrons. The Morgan fingerprint density at radius 1 is 1.00 bits per heavy atom. The first kappa shape index (κ1) is 16.1. The van der Waals surface area contributed by atoms with Gasteiger partial charge in [-0.1, -0.05) is 51.5 Å². The normalized spacial score (nSPS) is 28.2. The monoisotopic (exact) mass is 299 g/mol. The second-order valence-electron chi connectivity index (χ2n) is 8.87. The Labute approximate surface area is 136 Å². The standard InChI is InChI=1S/C21H33N/c1-20(2,3)18-9-5-16(6-10-18)17-7-11-19(12-8-17)21(15-22)13-4-14-21/h7-8,11-12,16,18H,4-6,9-10,13-15,22H2,1-3H3. The van der Waals surface area contributed by atoms with Crippen LogP contribution < -0.4 is 5.73 Å². The molecule has 22 heavy (non-hydrogen) atoms. The van der Waals surface area contributed by atoms with Gasteiger partial charge in [0.15, 0.2) is 0 Å². The van der Waals surface area contributed by atoms with E-state index in [2.05, 4.69) is 45.0 Å². The third-order valence-electron chi connectivity index (χ3n) is 6.65. The molecule has 0 unspecified atom stereocenters. The summed E-state index contributed by atoms with van der Waals surface area (Å²) in [5, 5.41) is 0. The third kappa shape index (κ3) is 2.97. The van der Waals surface area contributed by atoms with E-state index in [-0.39, 0.29) is 0 Å². The predicted octanol–water partition coefficient (Wildman–Crippen LogP) is 5.39. The fraction of sp³-hybridized carbons (Fsp3) is 0.714. The van der Waals surface area contributed by atoms with Gasteiger partial charge in [-0.15, -0.1) is 0 Å². The van der Waals surface area contributed by atoms with Crippen molar-refractivity contribution < 1.29 is 0 Å². The summed E-state index contributed by atoms with van der Waals surface area (Å²) in [6.07, 6.45) is 9.41. The third-order valence-corrected chi connectivity index (χ3v) is 6.65. The summed E-state index contributed by atoms with van der Waals surface area (Å²) in [4.78, 5) is 0. The number of hydrogen-bond donors (Lipinski definition) is 1. The number of benzene rings is 1. The number of rotatable bonds is 3. The molecule has 2 saturated carbocycles. The average molecular weight is 300 g/mol. The maximum absolute atomic E-state index is 6.04. The maximum atomic E-state index is 6.04. The van der Waals surface area contributed by atoms with Gasteiger partial charge in [0.25, 0.3) is 0 Å². The molecule has 0 spiro atoms. The second kappa shape index (κ2) is 6.00. The van der Waals surface area contributed by atoms with Crippen molar-refractivity contribution >= 4 is 0 Å². The first-order chi connectivity index (χ1) is 10.4. The van der Waals surface area contributed by atoms with Crippen LogP contribution in [0.1, 0.15) is 82.8 Å². The zero-order chi connectivity index (χ0) is 15.8. The summed E-state index contributed by atoms with van der Waals surface area (Å²) >= 11 is 0. The number of hydrogen-bond acceptors (Lipinski definition) is 1. The summed E-state index contributed by atoms with van der Waals surface area (Å²) in [6.45, 7) is 8.01. The Kier molecular flexibility index (Phi) is 4.38. The van der Waals surface area contributed by atoms with Gasteiger partial charge in [-0.05, 0) is 66.9 Å². The van der Waals surface area contributed by atoms with Crippen molar-refractivity contribution in [2.45, 2.75) is 77.0 Å². The molecule has 0 saturated heterocycles. The van der Waals surface area contributed by atoms with Crippen molar-refractivity contribution in [1.82, 2.24) is 0 Å². The van der Waals surface area contributed by atoms with Crippen LogP contribution >= 0.6 is 0 Å². The van der Waals surface area contributed by atoms with E-state index in [4.69, 9.17) is 5.73 Å². The summed E-state index contributed by atoms with van der Waals surface area (Å²) in [5.41, 5.74) is 9.86. The fourth-order valence-corrected chi connectivity index (χ4v) is 4.62. The van der Waals surface area contributed by atoms with Gasteiger partial charge in [-0.3, -0.25) is 0 Å². The van der Waals surface area contributed by atoms with E-state index < -0.39 is 0 Å². The highest BCUT2D eigenvalue weighted by Crippen LogP contribution is 2.45. The molecule has 2 N–H and O–H groups in total. The molecule has 0 amide bonds. The molecule has 1 aromatic rings. The van der Waals surface area contributed by atoms with Crippen LogP contribution in [0.3, 0.4) is 0 Å². The predicted molar refractivity (Wildman–Crippen MR) is 95.2 cm³/mol. The van der Waals surface area contributed by atoms with Gasteiger partial charge in [0, 0.05) is 12.0 Å². The molecule has 3 rings (SSSR count). The largest absolute Gasteiger partial charge is 0.330 e. The Balaban J connectivity index is 1.65. The lowest BCUT2D eigenvalue weighted by molar-refractivity contribution is 0.169. The number of nitrogens with two attached hydrogens (primary N) is 1. The van der Waals surface area contributed by atoms with Crippen molar-refractivity contribution in [3.63, 3.8) is 0 Å². The van der Waals surface area contributed by atoms with Crippen LogP contribution in [-0.2, 0) is 5.41 Å². The fourth-order valence-electron chi connectivity index (χ4n) is 4.62. The lowest BCUT2D eigenvalue weighted by Crippen LogP contribution is -2.41. The van der Waals surface area contributed by atoms with Crippen LogP contribution in [0.15, 0.2) is 24.3 Å². The molecule has 2 fully saturated rings. The van der Waals surface area contributed by atoms with Crippen LogP contribution in [-0.4, -0.2) is 6.54 Å². The van der Waals surface area contributed by atoms with E-state index in [9.17, 15) is 0 Å². The van der Waals surface area contributed by atoms with Gasteiger partial charge in [-0.25, -0.2) is 0 Å². The van der Waals surface area contributed by atoms with E-state index in [0.29, 0.717) is 10.8 Å². The molecular formula is C21H33N. The van der Waals surface area contributed by atoms with E-state index in [1.807, 2.05) is 0 Å². The molecule has 2 aliphatic carbocycles. The summed E-state index contributed by atoms with van der Waals surface area (Å²) in [6, 6.07) is 9.54. The highest BCUT2D eigenvalue weighted by Gasteiger charge is 2.37. The molecule has 1 aromatic carbocycles. The van der Waals surface area contributed by atoms with Crippen molar-refractivity contribution in [2.24, 2.45) is 17.1 Å². The van der Waals surface area contributed by atoms with Gasteiger partial charge in [-0.2, -0.15) is 0 Å². The highest BCUT2D eigenvalue weighted by molar-refractivity contribution is 5.33. The van der Waals surface area contributed by atoms with Crippen molar-refractivity contribution in [1.29, 1.82) is 0 Å². The first-order valence-corrected chi connectivity index (χ1v) is 9.25. The molecule has 0 bridgehead atoms. The molecule has 122 valence electrons. The smallest absolute Gasteiger partial charge is 0.00755 e. The van der Waals surface area contributed by atoms with Crippen LogP contribution in [0.5, 0.6) is 0 Å². The van der Waals surface area contributed by atoms with Gasteiger partial charge in [0.1, 0.15) is 0 Å². The molecule has 0 aliphatic heterocycles. The van der Waals surface area contributed by atoms with E-state index in [1.165, 1.54) is 50.5 Å². The van der Waals surface area contributed by atoms with Gasteiger partial charge in [0.2, 0.25) is 0 Å². The summed E-state index contributed by atoms with van der Waals surface area (Å²) in [7, 11) is 0. The summed E-state index contributed by atoms with van der Waals surface area (Å²) in [5.74, 6) is 1.68. The Morgan fingerprint density at radius 2 is 1.59 bits per heavy atom. The Bertz CT molecular complexity index is 476. The van der Waals surface area contributed by atoms with Gasteiger partial charge >= 0.3 is 0 Å². The van der Waals surface area contributed by atoms with Crippen LogP contribution in [0.2, 0.25) is 0 Å². The lowest BCUT2D eigenvalue weighted by atomic mass is 9.64. The zero-order valence-corrected chi connectivity index (χ0v) is 14.7. The quantitative estimate of drug-likeness (QED) is 0.796. The lowest BCUT2D eigenvalue weighted by Gasteiger charge is -2.42. The zero-order valence-electron chi connectivity index (χ0n) is 14.7. The summed E-state index contributed by atoms with van der Waals surface area (Å²) < 4.78 is 0. The minimum absolute atomic E-state index is 0.308. The molecule has 1 nitrogen and oxygen atoms in total. The SMILES string of the molecule is CC(C)(C)C1CCC(c2ccc(C3(CN)CCC3)cc2)CC1.